The van der Waals surface area contributed by atoms with E-state index in [1.807, 2.05) is 30.1 Å². The second-order valence-corrected chi connectivity index (χ2v) is 5.10. The molecule has 0 fully saturated rings. The minimum absolute atomic E-state index is 0. The van der Waals surface area contributed by atoms with Crippen LogP contribution in [0, 0.1) is 0 Å². The van der Waals surface area contributed by atoms with Crippen LogP contribution < -0.4 is 12.4 Å². The van der Waals surface area contributed by atoms with Crippen LogP contribution in [0.1, 0.15) is 5.56 Å². The van der Waals surface area contributed by atoms with E-state index in [1.54, 1.807) is 11.8 Å². The highest BCUT2D eigenvalue weighted by Gasteiger charge is 2.00. The highest BCUT2D eigenvalue weighted by molar-refractivity contribution is 9.10. The van der Waals surface area contributed by atoms with E-state index < -0.39 is 0 Å². The molecule has 0 atom stereocenters. The molecule has 0 N–H and O–H groups in total. The van der Waals surface area contributed by atoms with Gasteiger partial charge in [0.15, 0.2) is 5.16 Å². The second kappa shape index (κ2) is 6.33. The van der Waals surface area contributed by atoms with E-state index in [0.717, 1.165) is 15.4 Å². The van der Waals surface area contributed by atoms with Crippen molar-refractivity contribution in [2.45, 2.75) is 10.9 Å². The van der Waals surface area contributed by atoms with E-state index in [0.29, 0.717) is 0 Å². The van der Waals surface area contributed by atoms with Crippen molar-refractivity contribution in [2.24, 2.45) is 7.05 Å². The van der Waals surface area contributed by atoms with Crippen LogP contribution in [0.15, 0.2) is 46.3 Å². The van der Waals surface area contributed by atoms with Gasteiger partial charge in [0.1, 0.15) is 0 Å². The van der Waals surface area contributed by atoms with E-state index in [2.05, 4.69) is 39.1 Å². The third kappa shape index (κ3) is 3.54. The van der Waals surface area contributed by atoms with E-state index >= 15 is 0 Å². The van der Waals surface area contributed by atoms with Gasteiger partial charge in [0, 0.05) is 29.7 Å². The fourth-order valence-corrected chi connectivity index (χ4v) is 2.59. The van der Waals surface area contributed by atoms with E-state index in [1.165, 1.54) is 5.56 Å². The minimum Gasteiger partial charge on any atom is -1.00 e. The standard InChI is InChI=1S/C11H11BrN2S.ClH/c1-14-6-5-13-11(14)15-8-9-3-2-4-10(12)7-9;/h2-7H,8H2,1H3;1H/p-1. The van der Waals surface area contributed by atoms with Crippen molar-refractivity contribution in [1.29, 1.82) is 0 Å². The fourth-order valence-electron chi connectivity index (χ4n) is 1.27. The van der Waals surface area contributed by atoms with Crippen LogP contribution in [0.3, 0.4) is 0 Å². The van der Waals surface area contributed by atoms with Crippen molar-refractivity contribution < 1.29 is 12.4 Å². The van der Waals surface area contributed by atoms with E-state index in [9.17, 15) is 0 Å². The second-order valence-electron chi connectivity index (χ2n) is 3.24. The number of nitrogens with zero attached hydrogens (tertiary/aromatic N) is 2. The third-order valence-corrected chi connectivity index (χ3v) is 3.66. The zero-order chi connectivity index (χ0) is 10.7. The number of benzene rings is 1. The molecule has 0 bridgehead atoms. The van der Waals surface area contributed by atoms with Gasteiger partial charge >= 0.3 is 0 Å². The molecule has 0 aliphatic heterocycles. The number of aromatic nitrogens is 2. The molecule has 0 unspecified atom stereocenters. The Labute approximate surface area is 114 Å². The van der Waals surface area contributed by atoms with Crippen molar-refractivity contribution in [3.05, 3.63) is 46.7 Å². The van der Waals surface area contributed by atoms with Crippen LogP contribution in [0.25, 0.3) is 0 Å². The summed E-state index contributed by atoms with van der Waals surface area (Å²) >= 11 is 5.21. The number of imidazole rings is 1. The Bertz CT molecular complexity index is 459. The lowest BCUT2D eigenvalue weighted by molar-refractivity contribution is -0.00000302. The lowest BCUT2D eigenvalue weighted by Crippen LogP contribution is -3.00. The van der Waals surface area contributed by atoms with Crippen molar-refractivity contribution in [1.82, 2.24) is 9.55 Å². The van der Waals surface area contributed by atoms with Gasteiger partial charge < -0.3 is 17.0 Å². The van der Waals surface area contributed by atoms with Gasteiger partial charge in [-0.3, -0.25) is 0 Å². The molecule has 5 heteroatoms. The maximum atomic E-state index is 4.27. The Morgan fingerprint density at radius 3 is 2.88 bits per heavy atom. The van der Waals surface area contributed by atoms with Crippen molar-refractivity contribution in [3.8, 4) is 0 Å². The molecule has 2 aromatic rings. The Morgan fingerprint density at radius 1 is 1.44 bits per heavy atom. The summed E-state index contributed by atoms with van der Waals surface area (Å²) in [5, 5.41) is 1.05. The quantitative estimate of drug-likeness (QED) is 0.766. The highest BCUT2D eigenvalue weighted by atomic mass is 79.9. The average Bonchev–Trinajstić information content (AvgIpc) is 2.61. The Balaban J connectivity index is 0.00000128. The van der Waals surface area contributed by atoms with Gasteiger partial charge in [-0.25, -0.2) is 4.98 Å². The predicted octanol–water partition coefficient (Wildman–Crippen LogP) is 0.479. The first-order valence-corrected chi connectivity index (χ1v) is 6.38. The molecule has 0 saturated carbocycles. The first-order valence-electron chi connectivity index (χ1n) is 4.60. The van der Waals surface area contributed by atoms with Crippen LogP contribution in [0.4, 0.5) is 0 Å². The molecule has 0 radical (unpaired) electrons. The van der Waals surface area contributed by atoms with Gasteiger partial charge in [-0.2, -0.15) is 0 Å². The Morgan fingerprint density at radius 2 is 2.25 bits per heavy atom. The summed E-state index contributed by atoms with van der Waals surface area (Å²) in [5.74, 6) is 0.949. The van der Waals surface area contributed by atoms with Crippen molar-refractivity contribution >= 4 is 27.7 Å². The SMILES string of the molecule is Cn1ccnc1SCc1cccc(Br)c1.[Cl-]. The molecule has 0 amide bonds. The van der Waals surface area contributed by atoms with Crippen molar-refractivity contribution in [3.63, 3.8) is 0 Å². The Kier molecular flexibility index (Phi) is 5.38. The summed E-state index contributed by atoms with van der Waals surface area (Å²) < 4.78 is 3.16. The first kappa shape index (κ1) is 13.6. The van der Waals surface area contributed by atoms with Gasteiger partial charge in [-0.05, 0) is 17.7 Å². The summed E-state index contributed by atoms with van der Waals surface area (Å²) in [7, 11) is 2.01. The molecular weight excluding hydrogens is 308 g/mol. The molecule has 2 nitrogen and oxygen atoms in total. The normalized spacial score (nSPS) is 9.88. The molecule has 0 aliphatic carbocycles. The van der Waals surface area contributed by atoms with Crippen LogP contribution in [0.5, 0.6) is 0 Å². The zero-order valence-electron chi connectivity index (χ0n) is 8.73. The molecule has 0 spiro atoms. The van der Waals surface area contributed by atoms with E-state index in [4.69, 9.17) is 0 Å². The molecular formula is C11H11BrClN2S-. The van der Waals surface area contributed by atoms with Crippen LogP contribution in [0.2, 0.25) is 0 Å². The maximum absolute atomic E-state index is 4.27. The first-order chi connectivity index (χ1) is 7.25. The van der Waals surface area contributed by atoms with Gasteiger partial charge in [0.25, 0.3) is 0 Å². The fraction of sp³-hybridized carbons (Fsp3) is 0.182. The smallest absolute Gasteiger partial charge is 0.167 e. The summed E-state index contributed by atoms with van der Waals surface area (Å²) in [6, 6.07) is 8.35. The van der Waals surface area contributed by atoms with Crippen molar-refractivity contribution in [2.75, 3.05) is 0 Å². The molecule has 1 aromatic carbocycles. The number of hydrogen-bond acceptors (Lipinski definition) is 2. The zero-order valence-corrected chi connectivity index (χ0v) is 11.9. The lowest BCUT2D eigenvalue weighted by atomic mass is 10.2. The third-order valence-electron chi connectivity index (χ3n) is 2.03. The molecule has 0 saturated heterocycles. The Hall–Kier alpha value is -0.450. The van der Waals surface area contributed by atoms with Gasteiger partial charge in [0.2, 0.25) is 0 Å². The molecule has 2 rings (SSSR count). The predicted molar refractivity (Wildman–Crippen MR) is 66.9 cm³/mol. The minimum atomic E-state index is 0. The molecule has 86 valence electrons. The number of aryl methyl sites for hydroxylation is 1. The summed E-state index contributed by atoms with van der Waals surface area (Å²) in [5.41, 5.74) is 1.30. The van der Waals surface area contributed by atoms with Gasteiger partial charge in [-0.1, -0.05) is 39.8 Å². The summed E-state index contributed by atoms with van der Waals surface area (Å²) in [4.78, 5) is 4.27. The van der Waals surface area contributed by atoms with Crippen LogP contribution >= 0.6 is 27.7 Å². The molecule has 0 aliphatic rings. The number of hydrogen-bond donors (Lipinski definition) is 0. The maximum Gasteiger partial charge on any atom is 0.167 e. The molecule has 16 heavy (non-hydrogen) atoms. The molecule has 1 aromatic heterocycles. The number of rotatable bonds is 3. The number of thioether (sulfide) groups is 1. The van der Waals surface area contributed by atoms with Gasteiger partial charge in [0.05, 0.1) is 0 Å². The van der Waals surface area contributed by atoms with Crippen LogP contribution in [-0.4, -0.2) is 9.55 Å². The summed E-state index contributed by atoms with van der Waals surface area (Å²) in [6.07, 6.45) is 3.78. The molecule has 1 heterocycles. The monoisotopic (exact) mass is 317 g/mol. The average molecular weight is 319 g/mol. The lowest BCUT2D eigenvalue weighted by Gasteiger charge is -2.02. The highest BCUT2D eigenvalue weighted by Crippen LogP contribution is 2.22. The topological polar surface area (TPSA) is 17.8 Å². The van der Waals surface area contributed by atoms with Crippen LogP contribution in [-0.2, 0) is 12.8 Å². The van der Waals surface area contributed by atoms with E-state index in [-0.39, 0.29) is 12.4 Å². The number of halogens is 2. The van der Waals surface area contributed by atoms with Gasteiger partial charge in [-0.15, -0.1) is 0 Å². The summed E-state index contributed by atoms with van der Waals surface area (Å²) in [6.45, 7) is 0. The largest absolute Gasteiger partial charge is 1.00 e.